The van der Waals surface area contributed by atoms with E-state index in [0.29, 0.717) is 0 Å². The van der Waals surface area contributed by atoms with E-state index in [9.17, 15) is 4.79 Å². The average molecular weight is 251 g/mol. The molecule has 3 rings (SSSR count). The highest BCUT2D eigenvalue weighted by atomic mass is 16.1. The van der Waals surface area contributed by atoms with Crippen molar-refractivity contribution >= 4 is 5.78 Å². The molecule has 0 amide bonds. The molecule has 0 bridgehead atoms. The van der Waals surface area contributed by atoms with Crippen LogP contribution in [-0.2, 0) is 6.42 Å². The molecule has 0 saturated carbocycles. The lowest BCUT2D eigenvalue weighted by atomic mass is 9.81. The Kier molecular flexibility index (Phi) is 3.16. The second-order valence-electron chi connectivity index (χ2n) is 5.17. The summed E-state index contributed by atoms with van der Waals surface area (Å²) in [6, 6.07) is 11.9. The molecule has 0 radical (unpaired) electrons. The Morgan fingerprint density at radius 1 is 1.21 bits per heavy atom. The van der Waals surface area contributed by atoms with Gasteiger partial charge in [-0.1, -0.05) is 30.3 Å². The molecule has 19 heavy (non-hydrogen) atoms. The maximum atomic E-state index is 12.7. The summed E-state index contributed by atoms with van der Waals surface area (Å²) < 4.78 is 0. The molecule has 0 spiro atoms. The predicted octanol–water partition coefficient (Wildman–Crippen LogP) is 3.69. The third-order valence-electron chi connectivity index (χ3n) is 3.92. The highest BCUT2D eigenvalue weighted by Crippen LogP contribution is 2.33. The van der Waals surface area contributed by atoms with E-state index in [-0.39, 0.29) is 11.7 Å². The molecule has 2 nitrogen and oxygen atoms in total. The number of carbonyl (C=O) groups is 1. The van der Waals surface area contributed by atoms with Crippen LogP contribution in [-0.4, -0.2) is 10.8 Å². The Morgan fingerprint density at radius 2 is 2.05 bits per heavy atom. The molecule has 1 unspecified atom stereocenters. The fourth-order valence-corrected chi connectivity index (χ4v) is 2.90. The van der Waals surface area contributed by atoms with Crippen LogP contribution in [0, 0.1) is 6.92 Å². The van der Waals surface area contributed by atoms with E-state index in [1.165, 1.54) is 5.56 Å². The summed E-state index contributed by atoms with van der Waals surface area (Å²) in [5, 5.41) is 0. The van der Waals surface area contributed by atoms with Gasteiger partial charge in [-0.25, -0.2) is 0 Å². The Labute approximate surface area is 113 Å². The summed E-state index contributed by atoms with van der Waals surface area (Å²) in [5.41, 5.74) is 4.12. The van der Waals surface area contributed by atoms with Crippen LogP contribution in [0.15, 0.2) is 42.6 Å². The molecule has 2 aromatic rings. The van der Waals surface area contributed by atoms with Crippen molar-refractivity contribution in [2.24, 2.45) is 0 Å². The SMILES string of the molecule is Cc1ccccc1C(=O)C1CCCc2cccnc21. The fourth-order valence-electron chi connectivity index (χ4n) is 2.90. The summed E-state index contributed by atoms with van der Waals surface area (Å²) in [7, 11) is 0. The smallest absolute Gasteiger partial charge is 0.172 e. The van der Waals surface area contributed by atoms with E-state index in [2.05, 4.69) is 11.1 Å². The molecule has 1 heterocycles. The molecular formula is C17H17NO. The number of hydrogen-bond acceptors (Lipinski definition) is 2. The third-order valence-corrected chi connectivity index (χ3v) is 3.92. The minimum atomic E-state index is -0.0638. The first-order chi connectivity index (χ1) is 9.27. The van der Waals surface area contributed by atoms with Crippen LogP contribution in [0.4, 0.5) is 0 Å². The van der Waals surface area contributed by atoms with E-state index in [1.807, 2.05) is 37.3 Å². The molecule has 1 atom stereocenters. The van der Waals surface area contributed by atoms with Crippen LogP contribution in [0.2, 0.25) is 0 Å². The lowest BCUT2D eigenvalue weighted by molar-refractivity contribution is 0.0948. The second-order valence-corrected chi connectivity index (χ2v) is 5.17. The van der Waals surface area contributed by atoms with Gasteiger partial charge in [0.1, 0.15) is 0 Å². The Hall–Kier alpha value is -1.96. The summed E-state index contributed by atoms with van der Waals surface area (Å²) in [5.74, 6) is 0.156. The lowest BCUT2D eigenvalue weighted by Crippen LogP contribution is -2.20. The molecule has 0 fully saturated rings. The summed E-state index contributed by atoms with van der Waals surface area (Å²) in [4.78, 5) is 17.2. The van der Waals surface area contributed by atoms with Gasteiger partial charge in [0.15, 0.2) is 5.78 Å². The highest BCUT2D eigenvalue weighted by molar-refractivity contribution is 6.02. The van der Waals surface area contributed by atoms with E-state index in [0.717, 1.165) is 36.1 Å². The van der Waals surface area contributed by atoms with Gasteiger partial charge in [0.25, 0.3) is 0 Å². The summed E-state index contributed by atoms with van der Waals surface area (Å²) in [6.45, 7) is 2.00. The van der Waals surface area contributed by atoms with Gasteiger partial charge >= 0.3 is 0 Å². The maximum Gasteiger partial charge on any atom is 0.172 e. The van der Waals surface area contributed by atoms with Crippen molar-refractivity contribution in [3.05, 3.63) is 65.0 Å². The largest absolute Gasteiger partial charge is 0.293 e. The van der Waals surface area contributed by atoms with Crippen molar-refractivity contribution in [3.8, 4) is 0 Å². The first-order valence-electron chi connectivity index (χ1n) is 6.81. The Balaban J connectivity index is 2.00. The molecule has 1 aliphatic carbocycles. The number of pyridine rings is 1. The van der Waals surface area contributed by atoms with Crippen molar-refractivity contribution in [2.45, 2.75) is 32.1 Å². The van der Waals surface area contributed by atoms with Gasteiger partial charge in [-0.05, 0) is 43.4 Å². The number of rotatable bonds is 2. The summed E-state index contributed by atoms with van der Waals surface area (Å²) in [6.07, 6.45) is 4.82. The average Bonchev–Trinajstić information content (AvgIpc) is 2.46. The zero-order valence-corrected chi connectivity index (χ0v) is 11.1. The molecule has 2 heteroatoms. The molecule has 96 valence electrons. The van der Waals surface area contributed by atoms with E-state index >= 15 is 0 Å². The zero-order chi connectivity index (χ0) is 13.2. The van der Waals surface area contributed by atoms with Crippen LogP contribution >= 0.6 is 0 Å². The predicted molar refractivity (Wildman–Crippen MR) is 75.4 cm³/mol. The van der Waals surface area contributed by atoms with Gasteiger partial charge in [0, 0.05) is 11.8 Å². The third kappa shape index (κ3) is 2.19. The van der Waals surface area contributed by atoms with E-state index in [4.69, 9.17) is 0 Å². The van der Waals surface area contributed by atoms with Crippen molar-refractivity contribution in [2.75, 3.05) is 0 Å². The zero-order valence-electron chi connectivity index (χ0n) is 11.1. The number of aromatic nitrogens is 1. The normalized spacial score (nSPS) is 17.8. The van der Waals surface area contributed by atoms with Gasteiger partial charge in [-0.15, -0.1) is 0 Å². The number of Topliss-reactive ketones (excluding diaryl/α,β-unsaturated/α-hetero) is 1. The van der Waals surface area contributed by atoms with Gasteiger partial charge < -0.3 is 0 Å². The molecule has 0 aliphatic heterocycles. The summed E-state index contributed by atoms with van der Waals surface area (Å²) >= 11 is 0. The number of fused-ring (bicyclic) bond motifs is 1. The van der Waals surface area contributed by atoms with Crippen LogP contribution in [0.3, 0.4) is 0 Å². The number of nitrogens with zero attached hydrogens (tertiary/aromatic N) is 1. The molecule has 0 saturated heterocycles. The number of benzene rings is 1. The molecule has 1 aromatic carbocycles. The minimum Gasteiger partial charge on any atom is -0.293 e. The quantitative estimate of drug-likeness (QED) is 0.762. The van der Waals surface area contributed by atoms with Crippen LogP contribution < -0.4 is 0 Å². The van der Waals surface area contributed by atoms with E-state index < -0.39 is 0 Å². The number of ketones is 1. The first kappa shape index (κ1) is 12.1. The lowest BCUT2D eigenvalue weighted by Gasteiger charge is -2.23. The molecule has 0 N–H and O–H groups in total. The maximum absolute atomic E-state index is 12.7. The molecule has 1 aliphatic rings. The fraction of sp³-hybridized carbons (Fsp3) is 0.294. The number of aryl methyl sites for hydroxylation is 2. The standard InChI is InChI=1S/C17H17NO/c1-12-6-2-3-9-14(12)17(19)15-10-4-7-13-8-5-11-18-16(13)15/h2-3,5-6,8-9,11,15H,4,7,10H2,1H3. The Bertz CT molecular complexity index is 618. The molecule has 1 aromatic heterocycles. The van der Waals surface area contributed by atoms with Gasteiger partial charge in [-0.2, -0.15) is 0 Å². The van der Waals surface area contributed by atoms with Crippen molar-refractivity contribution < 1.29 is 4.79 Å². The topological polar surface area (TPSA) is 30.0 Å². The van der Waals surface area contributed by atoms with Crippen LogP contribution in [0.25, 0.3) is 0 Å². The van der Waals surface area contributed by atoms with E-state index in [1.54, 1.807) is 6.20 Å². The van der Waals surface area contributed by atoms with Crippen molar-refractivity contribution in [1.29, 1.82) is 0 Å². The number of carbonyl (C=O) groups excluding carboxylic acids is 1. The van der Waals surface area contributed by atoms with Crippen molar-refractivity contribution in [3.63, 3.8) is 0 Å². The minimum absolute atomic E-state index is 0.0638. The first-order valence-corrected chi connectivity index (χ1v) is 6.81. The molecular weight excluding hydrogens is 234 g/mol. The van der Waals surface area contributed by atoms with Crippen LogP contribution in [0.1, 0.15) is 45.9 Å². The van der Waals surface area contributed by atoms with Gasteiger partial charge in [0.05, 0.1) is 11.6 Å². The number of hydrogen-bond donors (Lipinski definition) is 0. The second kappa shape index (κ2) is 4.96. The highest BCUT2D eigenvalue weighted by Gasteiger charge is 2.28. The monoisotopic (exact) mass is 251 g/mol. The van der Waals surface area contributed by atoms with Crippen molar-refractivity contribution in [1.82, 2.24) is 4.98 Å². The Morgan fingerprint density at radius 3 is 2.89 bits per heavy atom. The van der Waals surface area contributed by atoms with Gasteiger partial charge in [0.2, 0.25) is 0 Å². The van der Waals surface area contributed by atoms with Gasteiger partial charge in [-0.3, -0.25) is 9.78 Å². The van der Waals surface area contributed by atoms with Crippen LogP contribution in [0.5, 0.6) is 0 Å².